The molecule has 0 spiro atoms. The van der Waals surface area contributed by atoms with Crippen LogP contribution in [0, 0.1) is 0 Å². The van der Waals surface area contributed by atoms with Crippen LogP contribution in [0.25, 0.3) is 0 Å². The third-order valence-electron chi connectivity index (χ3n) is 4.23. The van der Waals surface area contributed by atoms with Crippen LogP contribution in [-0.2, 0) is 25.8 Å². The molecule has 0 saturated carbocycles. The van der Waals surface area contributed by atoms with Crippen LogP contribution >= 0.6 is 11.3 Å². The maximum atomic E-state index is 12.4. The van der Waals surface area contributed by atoms with Crippen LogP contribution in [-0.4, -0.2) is 68.0 Å². The summed E-state index contributed by atoms with van der Waals surface area (Å²) >= 11 is 1.38. The maximum Gasteiger partial charge on any atom is 0.228 e. The molecule has 0 bridgehead atoms. The fourth-order valence-electron chi connectivity index (χ4n) is 2.70. The maximum absolute atomic E-state index is 12.4. The van der Waals surface area contributed by atoms with Crippen LogP contribution in [0.2, 0.25) is 0 Å². The molecule has 0 unspecified atom stereocenters. The van der Waals surface area contributed by atoms with Gasteiger partial charge in [0.05, 0.1) is 17.0 Å². The smallest absolute Gasteiger partial charge is 0.228 e. The summed E-state index contributed by atoms with van der Waals surface area (Å²) in [7, 11) is -3.22. The molecule has 3 rings (SSSR count). The van der Waals surface area contributed by atoms with Gasteiger partial charge in [-0.25, -0.2) is 13.4 Å². The number of rotatable bonds is 6. The highest BCUT2D eigenvalue weighted by Crippen LogP contribution is 2.22. The van der Waals surface area contributed by atoms with E-state index in [-0.39, 0.29) is 17.2 Å². The average Bonchev–Trinajstić information content (AvgIpc) is 3.08. The molecule has 1 N–H and O–H groups in total. The average molecular weight is 409 g/mol. The molecule has 2 aromatic rings. The summed E-state index contributed by atoms with van der Waals surface area (Å²) in [5.41, 5.74) is 1.40. The van der Waals surface area contributed by atoms with Gasteiger partial charge >= 0.3 is 0 Å². The number of amides is 2. The molecule has 1 aromatic carbocycles. The number of thiazole rings is 1. The second-order valence-electron chi connectivity index (χ2n) is 6.26. The van der Waals surface area contributed by atoms with Crippen LogP contribution in [0.3, 0.4) is 0 Å². The van der Waals surface area contributed by atoms with Gasteiger partial charge in [-0.15, -0.1) is 11.3 Å². The Labute approximate surface area is 161 Å². The minimum absolute atomic E-state index is 0.00472. The Bertz CT molecular complexity index is 917. The van der Waals surface area contributed by atoms with E-state index in [4.69, 9.17) is 0 Å². The van der Waals surface area contributed by atoms with Gasteiger partial charge in [-0.05, 0) is 24.3 Å². The van der Waals surface area contributed by atoms with Crippen molar-refractivity contribution in [2.24, 2.45) is 0 Å². The topological polar surface area (TPSA) is 99.7 Å². The lowest BCUT2D eigenvalue weighted by atomic mass is 10.2. The molecule has 8 nitrogen and oxygen atoms in total. The Hall–Kier alpha value is -2.46. The van der Waals surface area contributed by atoms with Crippen LogP contribution in [0.15, 0.2) is 34.5 Å². The molecular weight excluding hydrogens is 388 g/mol. The van der Waals surface area contributed by atoms with Crippen molar-refractivity contribution in [2.75, 3.05) is 37.8 Å². The Morgan fingerprint density at radius 2 is 1.89 bits per heavy atom. The monoisotopic (exact) mass is 408 g/mol. The molecule has 0 aliphatic carbocycles. The van der Waals surface area contributed by atoms with E-state index in [1.54, 1.807) is 21.9 Å². The number of carbonyl (C=O) groups is 2. The first-order chi connectivity index (χ1) is 12.8. The Morgan fingerprint density at radius 3 is 2.48 bits per heavy atom. The molecule has 1 fully saturated rings. The van der Waals surface area contributed by atoms with Gasteiger partial charge in [0.2, 0.25) is 12.3 Å². The van der Waals surface area contributed by atoms with Crippen molar-refractivity contribution in [3.05, 3.63) is 35.3 Å². The molecule has 2 amide bonds. The number of nitrogens with zero attached hydrogens (tertiary/aromatic N) is 3. The highest BCUT2D eigenvalue weighted by molar-refractivity contribution is 7.90. The number of sulfone groups is 1. The van der Waals surface area contributed by atoms with E-state index >= 15 is 0 Å². The van der Waals surface area contributed by atoms with Crippen molar-refractivity contribution in [3.8, 4) is 0 Å². The SMILES string of the molecule is CS(=O)(=O)c1ccc(Nc2nc(CC(=O)N3CCN(C=O)CC3)cs2)cc1. The molecular formula is C17H20N4O4S2. The van der Waals surface area contributed by atoms with Gasteiger partial charge in [0.25, 0.3) is 0 Å². The molecule has 1 saturated heterocycles. The first kappa shape index (κ1) is 19.3. The predicted octanol–water partition coefficient (Wildman–Crippen LogP) is 1.13. The number of aromatic nitrogens is 1. The highest BCUT2D eigenvalue weighted by atomic mass is 32.2. The van der Waals surface area contributed by atoms with E-state index in [1.807, 2.05) is 5.38 Å². The van der Waals surface area contributed by atoms with Crippen molar-refractivity contribution in [1.82, 2.24) is 14.8 Å². The second kappa shape index (κ2) is 8.05. The zero-order chi connectivity index (χ0) is 19.4. The number of anilines is 2. The predicted molar refractivity (Wildman–Crippen MR) is 103 cm³/mol. The van der Waals surface area contributed by atoms with Gasteiger partial charge in [0, 0.05) is 43.5 Å². The number of hydrogen-bond acceptors (Lipinski definition) is 7. The van der Waals surface area contributed by atoms with E-state index < -0.39 is 9.84 Å². The molecule has 1 aliphatic rings. The molecule has 1 aliphatic heterocycles. The summed E-state index contributed by atoms with van der Waals surface area (Å²) in [6.45, 7) is 2.20. The fourth-order valence-corrected chi connectivity index (χ4v) is 4.06. The number of piperazine rings is 1. The lowest BCUT2D eigenvalue weighted by Crippen LogP contribution is -2.48. The Morgan fingerprint density at radius 1 is 1.22 bits per heavy atom. The van der Waals surface area contributed by atoms with Gasteiger partial charge in [0.1, 0.15) is 0 Å². The minimum atomic E-state index is -3.22. The Kier molecular flexibility index (Phi) is 5.76. The van der Waals surface area contributed by atoms with E-state index in [1.165, 1.54) is 29.7 Å². The van der Waals surface area contributed by atoms with Gasteiger partial charge in [-0.3, -0.25) is 9.59 Å². The van der Waals surface area contributed by atoms with E-state index in [9.17, 15) is 18.0 Å². The quantitative estimate of drug-likeness (QED) is 0.720. The van der Waals surface area contributed by atoms with Crippen molar-refractivity contribution in [2.45, 2.75) is 11.3 Å². The van der Waals surface area contributed by atoms with Gasteiger partial charge in [-0.1, -0.05) is 0 Å². The summed E-state index contributed by atoms with van der Waals surface area (Å²) in [6, 6.07) is 6.42. The second-order valence-corrected chi connectivity index (χ2v) is 9.14. The van der Waals surface area contributed by atoms with Gasteiger partial charge in [0.15, 0.2) is 15.0 Å². The van der Waals surface area contributed by atoms with Crippen LogP contribution < -0.4 is 5.32 Å². The van der Waals surface area contributed by atoms with Crippen molar-refractivity contribution in [1.29, 1.82) is 0 Å². The molecule has 27 heavy (non-hydrogen) atoms. The van der Waals surface area contributed by atoms with Crippen LogP contribution in [0.5, 0.6) is 0 Å². The van der Waals surface area contributed by atoms with E-state index in [2.05, 4.69) is 10.3 Å². The third kappa shape index (κ3) is 5.04. The molecule has 2 heterocycles. The van der Waals surface area contributed by atoms with E-state index in [0.29, 0.717) is 37.0 Å². The van der Waals surface area contributed by atoms with Crippen molar-refractivity contribution < 1.29 is 18.0 Å². The fraction of sp³-hybridized carbons (Fsp3) is 0.353. The lowest BCUT2D eigenvalue weighted by Gasteiger charge is -2.32. The van der Waals surface area contributed by atoms with Crippen LogP contribution in [0.4, 0.5) is 10.8 Å². The summed E-state index contributed by atoms with van der Waals surface area (Å²) in [5.74, 6) is -0.00472. The van der Waals surface area contributed by atoms with Crippen LogP contribution in [0.1, 0.15) is 5.69 Å². The number of hydrogen-bond donors (Lipinski definition) is 1. The molecule has 0 atom stereocenters. The van der Waals surface area contributed by atoms with Gasteiger partial charge in [-0.2, -0.15) is 0 Å². The van der Waals surface area contributed by atoms with Crippen molar-refractivity contribution >= 4 is 44.3 Å². The standard InChI is InChI=1S/C17H20N4O4S2/c1-27(24,25)15-4-2-13(3-5-15)18-17-19-14(11-26-17)10-16(23)21-8-6-20(12-22)7-9-21/h2-5,11-12H,6-10H2,1H3,(H,18,19). The van der Waals surface area contributed by atoms with E-state index in [0.717, 1.165) is 12.1 Å². The Balaban J connectivity index is 1.57. The third-order valence-corrected chi connectivity index (χ3v) is 6.17. The summed E-state index contributed by atoms with van der Waals surface area (Å²) in [4.78, 5) is 31.2. The molecule has 1 aromatic heterocycles. The molecule has 144 valence electrons. The first-order valence-electron chi connectivity index (χ1n) is 8.34. The lowest BCUT2D eigenvalue weighted by molar-refractivity contribution is -0.134. The summed E-state index contributed by atoms with van der Waals surface area (Å²) in [5, 5.41) is 5.57. The minimum Gasteiger partial charge on any atom is -0.342 e. The number of carbonyl (C=O) groups excluding carboxylic acids is 2. The summed E-state index contributed by atoms with van der Waals surface area (Å²) < 4.78 is 23.0. The summed E-state index contributed by atoms with van der Waals surface area (Å²) in [6.07, 6.45) is 2.19. The number of benzene rings is 1. The zero-order valence-electron chi connectivity index (χ0n) is 14.8. The molecule has 10 heteroatoms. The normalized spacial score (nSPS) is 14.9. The largest absolute Gasteiger partial charge is 0.342 e. The highest BCUT2D eigenvalue weighted by Gasteiger charge is 2.21. The number of nitrogens with one attached hydrogen (secondary N) is 1. The molecule has 0 radical (unpaired) electrons. The first-order valence-corrected chi connectivity index (χ1v) is 11.1. The van der Waals surface area contributed by atoms with Gasteiger partial charge < -0.3 is 15.1 Å². The van der Waals surface area contributed by atoms with Crippen molar-refractivity contribution in [3.63, 3.8) is 0 Å². The zero-order valence-corrected chi connectivity index (χ0v) is 16.4.